The van der Waals surface area contributed by atoms with Gasteiger partial charge in [0.15, 0.2) is 5.78 Å². The smallest absolute Gasteiger partial charge is 0.407 e. The molecule has 0 saturated heterocycles. The fraction of sp³-hybridized carbons (Fsp3) is 0.500. The summed E-state index contributed by atoms with van der Waals surface area (Å²) in [6.45, 7) is 5.50. The number of ether oxygens (including phenoxy) is 1. The Labute approximate surface area is 124 Å². The van der Waals surface area contributed by atoms with Crippen molar-refractivity contribution in [2.45, 2.75) is 52.2 Å². The summed E-state index contributed by atoms with van der Waals surface area (Å²) >= 11 is 0. The molecule has 2 rings (SSSR count). The van der Waals surface area contributed by atoms with E-state index >= 15 is 0 Å². The van der Waals surface area contributed by atoms with Gasteiger partial charge >= 0.3 is 6.09 Å². The van der Waals surface area contributed by atoms with Crippen LogP contribution in [-0.2, 0) is 17.7 Å². The number of nitrogens with one attached hydrogen (secondary N) is 1. The predicted octanol–water partition coefficient (Wildman–Crippen LogP) is 2.94. The van der Waals surface area contributed by atoms with Crippen molar-refractivity contribution < 1.29 is 19.4 Å². The number of phenolic OH excluding ortho intramolecular Hbond substituents is 1. The number of carbonyl (C=O) groups excluding carboxylic acids is 2. The summed E-state index contributed by atoms with van der Waals surface area (Å²) < 4.78 is 5.17. The van der Waals surface area contributed by atoms with Gasteiger partial charge in [0.05, 0.1) is 6.54 Å². The van der Waals surface area contributed by atoms with E-state index in [1.54, 1.807) is 26.8 Å². The van der Waals surface area contributed by atoms with Gasteiger partial charge in [-0.3, -0.25) is 4.79 Å². The van der Waals surface area contributed by atoms with Crippen LogP contribution in [0.5, 0.6) is 5.75 Å². The van der Waals surface area contributed by atoms with Crippen LogP contribution in [-0.4, -0.2) is 22.6 Å². The lowest BCUT2D eigenvalue weighted by Crippen LogP contribution is -2.32. The molecule has 0 heterocycles. The summed E-state index contributed by atoms with van der Waals surface area (Å²) in [6, 6.07) is 3.16. The van der Waals surface area contributed by atoms with E-state index in [0.29, 0.717) is 17.5 Å². The number of rotatable bonds is 2. The van der Waals surface area contributed by atoms with Crippen LogP contribution in [0, 0.1) is 0 Å². The molecule has 0 saturated carbocycles. The maximum atomic E-state index is 11.9. The third-order valence-electron chi connectivity index (χ3n) is 3.35. The van der Waals surface area contributed by atoms with E-state index < -0.39 is 11.7 Å². The van der Waals surface area contributed by atoms with Crippen LogP contribution in [0.4, 0.5) is 4.79 Å². The summed E-state index contributed by atoms with van der Waals surface area (Å²) in [4.78, 5) is 23.6. The lowest BCUT2D eigenvalue weighted by Gasteiger charge is -2.22. The van der Waals surface area contributed by atoms with E-state index in [9.17, 15) is 14.7 Å². The number of Topliss-reactive ketones (excluding diaryl/α,β-unsaturated/α-hetero) is 1. The minimum atomic E-state index is -0.571. The van der Waals surface area contributed by atoms with Crippen molar-refractivity contribution >= 4 is 11.9 Å². The molecule has 0 aliphatic heterocycles. The van der Waals surface area contributed by atoms with Gasteiger partial charge in [-0.1, -0.05) is 0 Å². The van der Waals surface area contributed by atoms with Gasteiger partial charge in [0, 0.05) is 17.5 Å². The average molecular weight is 291 g/mol. The second kappa shape index (κ2) is 5.76. The maximum Gasteiger partial charge on any atom is 0.407 e. The fourth-order valence-corrected chi connectivity index (χ4v) is 2.46. The third kappa shape index (κ3) is 3.74. The van der Waals surface area contributed by atoms with Crippen molar-refractivity contribution in [1.82, 2.24) is 5.32 Å². The Balaban J connectivity index is 2.15. The molecule has 0 unspecified atom stereocenters. The van der Waals surface area contributed by atoms with Crippen LogP contribution in [0.15, 0.2) is 12.1 Å². The number of carbonyl (C=O) groups is 2. The molecule has 0 fully saturated rings. The Morgan fingerprint density at radius 2 is 2.05 bits per heavy atom. The van der Waals surface area contributed by atoms with Gasteiger partial charge in [0.1, 0.15) is 11.4 Å². The molecule has 0 atom stereocenters. The Bertz CT molecular complexity index is 572. The van der Waals surface area contributed by atoms with Gasteiger partial charge in [0.25, 0.3) is 0 Å². The highest BCUT2D eigenvalue weighted by Gasteiger charge is 2.23. The molecule has 2 N–H and O–H groups in total. The lowest BCUT2D eigenvalue weighted by molar-refractivity contribution is 0.0523. The second-order valence-corrected chi connectivity index (χ2v) is 6.22. The zero-order valence-corrected chi connectivity index (χ0v) is 12.7. The molecule has 5 nitrogen and oxygen atoms in total. The molecule has 1 aliphatic rings. The summed E-state index contributed by atoms with van der Waals surface area (Å²) in [6.07, 6.45) is 1.51. The number of amides is 1. The second-order valence-electron chi connectivity index (χ2n) is 6.22. The standard InChI is InChI=1S/C16H21NO4/c1-16(2,3)21-15(20)17-9-12-10-5-4-6-13(18)11(10)7-8-14(12)19/h7-8,19H,4-6,9H2,1-3H3,(H,17,20). The van der Waals surface area contributed by atoms with Gasteiger partial charge in [-0.25, -0.2) is 4.79 Å². The fourth-order valence-electron chi connectivity index (χ4n) is 2.46. The first kappa shape index (κ1) is 15.4. The van der Waals surface area contributed by atoms with E-state index in [-0.39, 0.29) is 18.1 Å². The Morgan fingerprint density at radius 3 is 2.71 bits per heavy atom. The zero-order chi connectivity index (χ0) is 15.6. The number of ketones is 1. The number of aromatic hydroxyl groups is 1. The van der Waals surface area contributed by atoms with Gasteiger partial charge in [-0.2, -0.15) is 0 Å². The number of hydrogen-bond acceptors (Lipinski definition) is 4. The minimum absolute atomic E-state index is 0.0924. The SMILES string of the molecule is CC(C)(C)OC(=O)NCc1c(O)ccc2c1CCCC2=O. The number of hydrogen-bond donors (Lipinski definition) is 2. The first-order valence-corrected chi connectivity index (χ1v) is 7.12. The first-order valence-electron chi connectivity index (χ1n) is 7.12. The molecule has 0 aromatic heterocycles. The highest BCUT2D eigenvalue weighted by Crippen LogP contribution is 2.30. The highest BCUT2D eigenvalue weighted by molar-refractivity contribution is 5.99. The van der Waals surface area contributed by atoms with Crippen molar-refractivity contribution in [1.29, 1.82) is 0 Å². The van der Waals surface area contributed by atoms with Gasteiger partial charge < -0.3 is 15.2 Å². The van der Waals surface area contributed by atoms with E-state index in [1.807, 2.05) is 0 Å². The van der Waals surface area contributed by atoms with Crippen molar-refractivity contribution in [3.63, 3.8) is 0 Å². The summed E-state index contributed by atoms with van der Waals surface area (Å²) in [7, 11) is 0. The number of phenols is 1. The van der Waals surface area contributed by atoms with Crippen LogP contribution in [0.25, 0.3) is 0 Å². The van der Waals surface area contributed by atoms with Crippen molar-refractivity contribution in [3.8, 4) is 5.75 Å². The first-order chi connectivity index (χ1) is 9.78. The monoisotopic (exact) mass is 291 g/mol. The van der Waals surface area contributed by atoms with Gasteiger partial charge in [-0.15, -0.1) is 0 Å². The van der Waals surface area contributed by atoms with Gasteiger partial charge in [0.2, 0.25) is 0 Å². The molecule has 1 aliphatic carbocycles. The van der Waals surface area contributed by atoms with E-state index in [2.05, 4.69) is 5.32 Å². The molecular weight excluding hydrogens is 270 g/mol. The number of alkyl carbamates (subject to hydrolysis) is 1. The Morgan fingerprint density at radius 1 is 1.33 bits per heavy atom. The number of fused-ring (bicyclic) bond motifs is 1. The van der Waals surface area contributed by atoms with Crippen LogP contribution >= 0.6 is 0 Å². The van der Waals surface area contributed by atoms with Crippen LogP contribution in [0.2, 0.25) is 0 Å². The molecule has 21 heavy (non-hydrogen) atoms. The molecule has 0 spiro atoms. The quantitative estimate of drug-likeness (QED) is 0.878. The predicted molar refractivity (Wildman–Crippen MR) is 78.4 cm³/mol. The van der Waals surface area contributed by atoms with Crippen LogP contribution in [0.3, 0.4) is 0 Å². The lowest BCUT2D eigenvalue weighted by atomic mass is 9.87. The van der Waals surface area contributed by atoms with E-state index in [4.69, 9.17) is 4.74 Å². The summed E-state index contributed by atoms with van der Waals surface area (Å²) in [5, 5.41) is 12.6. The molecule has 114 valence electrons. The molecule has 1 aromatic carbocycles. The Hall–Kier alpha value is -2.04. The molecule has 0 bridgehead atoms. The summed E-state index contributed by atoms with van der Waals surface area (Å²) in [5.41, 5.74) is 1.52. The minimum Gasteiger partial charge on any atom is -0.508 e. The third-order valence-corrected chi connectivity index (χ3v) is 3.35. The van der Waals surface area contributed by atoms with E-state index in [1.165, 1.54) is 6.07 Å². The molecule has 5 heteroatoms. The van der Waals surface area contributed by atoms with Gasteiger partial charge in [-0.05, 0) is 51.3 Å². The average Bonchev–Trinajstić information content (AvgIpc) is 2.35. The molecule has 1 aromatic rings. The zero-order valence-electron chi connectivity index (χ0n) is 12.7. The topological polar surface area (TPSA) is 75.6 Å². The molecule has 1 amide bonds. The molecular formula is C16H21NO4. The largest absolute Gasteiger partial charge is 0.508 e. The summed E-state index contributed by atoms with van der Waals surface area (Å²) in [5.74, 6) is 0.189. The van der Waals surface area contributed by atoms with Crippen molar-refractivity contribution in [2.75, 3.05) is 0 Å². The maximum absolute atomic E-state index is 11.9. The van der Waals surface area contributed by atoms with Crippen LogP contribution < -0.4 is 5.32 Å². The van der Waals surface area contributed by atoms with Crippen molar-refractivity contribution in [3.05, 3.63) is 28.8 Å². The number of benzene rings is 1. The normalized spacial score (nSPS) is 14.5. The Kier molecular flexibility index (Phi) is 4.21. The molecule has 0 radical (unpaired) electrons. The van der Waals surface area contributed by atoms with Crippen LogP contribution in [0.1, 0.15) is 55.1 Å². The van der Waals surface area contributed by atoms with Crippen molar-refractivity contribution in [2.24, 2.45) is 0 Å². The van der Waals surface area contributed by atoms with E-state index in [0.717, 1.165) is 18.4 Å². The highest BCUT2D eigenvalue weighted by atomic mass is 16.6.